The summed E-state index contributed by atoms with van der Waals surface area (Å²) in [7, 11) is 0. The molecule has 0 aromatic rings. The van der Waals surface area contributed by atoms with Crippen molar-refractivity contribution < 1.29 is 4.79 Å². The summed E-state index contributed by atoms with van der Waals surface area (Å²) in [6, 6.07) is 0.392. The van der Waals surface area contributed by atoms with E-state index in [0.717, 1.165) is 6.54 Å². The molecule has 4 nitrogen and oxygen atoms in total. The molecular weight excluding hydrogens is 154 g/mol. The van der Waals surface area contributed by atoms with Crippen LogP contribution in [0.25, 0.3) is 0 Å². The van der Waals surface area contributed by atoms with Crippen molar-refractivity contribution in [2.75, 3.05) is 19.6 Å². The minimum absolute atomic E-state index is 0.203. The molecule has 0 aromatic carbocycles. The van der Waals surface area contributed by atoms with Crippen LogP contribution in [-0.4, -0.2) is 41.6 Å². The fraction of sp³-hybridized carbons (Fsp3) is 0.875. The molecule has 1 aliphatic rings. The number of nitrogens with two attached hydrogens (primary N) is 1. The maximum absolute atomic E-state index is 11.3. The first-order valence-electron chi connectivity index (χ1n) is 4.43. The lowest BCUT2D eigenvalue weighted by atomic mass is 10.4. The van der Waals surface area contributed by atoms with Gasteiger partial charge in [-0.1, -0.05) is 0 Å². The Bertz CT molecular complexity index is 170. The van der Waals surface area contributed by atoms with Crippen molar-refractivity contribution in [2.24, 2.45) is 5.73 Å². The van der Waals surface area contributed by atoms with Gasteiger partial charge in [-0.15, -0.1) is 0 Å². The average molecular weight is 171 g/mol. The maximum Gasteiger partial charge on any atom is 0.238 e. The quantitative estimate of drug-likeness (QED) is 0.640. The third kappa shape index (κ3) is 1.76. The van der Waals surface area contributed by atoms with Gasteiger partial charge in [-0.2, -0.15) is 0 Å². The number of nitrogens with zero attached hydrogens (tertiary/aromatic N) is 2. The minimum Gasteiger partial charge on any atom is -0.329 e. The molecule has 0 radical (unpaired) electrons. The van der Waals surface area contributed by atoms with E-state index in [0.29, 0.717) is 25.6 Å². The van der Waals surface area contributed by atoms with E-state index in [1.807, 2.05) is 0 Å². The number of carbonyl (C=O) groups is 1. The highest BCUT2D eigenvalue weighted by molar-refractivity contribution is 5.77. The summed E-state index contributed by atoms with van der Waals surface area (Å²) in [5, 5.41) is 3.85. The van der Waals surface area contributed by atoms with Crippen LogP contribution >= 0.6 is 0 Å². The zero-order valence-corrected chi connectivity index (χ0v) is 7.79. The fourth-order valence-electron chi connectivity index (χ4n) is 1.52. The highest BCUT2D eigenvalue weighted by atomic mass is 16.2. The highest BCUT2D eigenvalue weighted by Gasteiger charge is 2.29. The second-order valence-corrected chi connectivity index (χ2v) is 3.31. The van der Waals surface area contributed by atoms with Gasteiger partial charge in [0.2, 0.25) is 5.91 Å². The molecule has 0 aromatic heterocycles. The first-order chi connectivity index (χ1) is 5.66. The average Bonchev–Trinajstić information content (AvgIpc) is 2.34. The predicted molar refractivity (Wildman–Crippen MR) is 47.2 cm³/mol. The van der Waals surface area contributed by atoms with Crippen molar-refractivity contribution in [2.45, 2.75) is 26.3 Å². The number of hydrogen-bond acceptors (Lipinski definition) is 3. The summed E-state index contributed by atoms with van der Waals surface area (Å²) in [4.78, 5) is 11.3. The van der Waals surface area contributed by atoms with Gasteiger partial charge in [0.25, 0.3) is 0 Å². The van der Waals surface area contributed by atoms with E-state index in [2.05, 4.69) is 18.9 Å². The minimum atomic E-state index is 0.203. The lowest BCUT2D eigenvalue weighted by Gasteiger charge is -2.30. The van der Waals surface area contributed by atoms with Gasteiger partial charge in [-0.05, 0) is 13.8 Å². The molecule has 0 atom stereocenters. The van der Waals surface area contributed by atoms with Crippen LogP contribution in [0, 0.1) is 0 Å². The molecule has 0 saturated carbocycles. The summed E-state index contributed by atoms with van der Waals surface area (Å²) in [5.74, 6) is 0.203. The molecule has 0 unspecified atom stereocenters. The summed E-state index contributed by atoms with van der Waals surface area (Å²) in [6.07, 6.45) is 0.637. The van der Waals surface area contributed by atoms with Crippen LogP contribution in [0.1, 0.15) is 20.3 Å². The molecule has 70 valence electrons. The van der Waals surface area contributed by atoms with Crippen molar-refractivity contribution in [3.8, 4) is 0 Å². The van der Waals surface area contributed by atoms with E-state index in [1.54, 1.807) is 5.01 Å². The monoisotopic (exact) mass is 171 g/mol. The van der Waals surface area contributed by atoms with Crippen LogP contribution in [0.15, 0.2) is 0 Å². The smallest absolute Gasteiger partial charge is 0.238 e. The third-order valence-electron chi connectivity index (χ3n) is 2.09. The molecule has 1 amide bonds. The Morgan fingerprint density at radius 3 is 2.75 bits per heavy atom. The summed E-state index contributed by atoms with van der Waals surface area (Å²) >= 11 is 0. The van der Waals surface area contributed by atoms with E-state index in [1.165, 1.54) is 0 Å². The second-order valence-electron chi connectivity index (χ2n) is 3.31. The number of carbonyl (C=O) groups excluding carboxylic acids is 1. The van der Waals surface area contributed by atoms with Gasteiger partial charge >= 0.3 is 0 Å². The molecule has 1 saturated heterocycles. The molecule has 2 N–H and O–H groups in total. The molecule has 12 heavy (non-hydrogen) atoms. The molecule has 1 heterocycles. The normalized spacial score (nSPS) is 19.7. The van der Waals surface area contributed by atoms with Crippen LogP contribution in [0.3, 0.4) is 0 Å². The molecule has 1 aliphatic heterocycles. The van der Waals surface area contributed by atoms with Crippen molar-refractivity contribution in [3.05, 3.63) is 0 Å². The van der Waals surface area contributed by atoms with Gasteiger partial charge in [0, 0.05) is 32.1 Å². The fourth-order valence-corrected chi connectivity index (χ4v) is 1.52. The maximum atomic E-state index is 11.3. The molecular formula is C8H17N3O. The molecule has 0 aliphatic carbocycles. The van der Waals surface area contributed by atoms with E-state index in [-0.39, 0.29) is 5.91 Å². The van der Waals surface area contributed by atoms with Crippen molar-refractivity contribution in [3.63, 3.8) is 0 Å². The van der Waals surface area contributed by atoms with E-state index in [4.69, 9.17) is 5.73 Å². The van der Waals surface area contributed by atoms with Gasteiger partial charge < -0.3 is 5.73 Å². The van der Waals surface area contributed by atoms with Gasteiger partial charge in [0.05, 0.1) is 0 Å². The molecule has 1 rings (SSSR count). The standard InChI is InChI=1S/C8H17N3O/c1-7(2)10-5-3-8(12)11(10)6-4-9/h7H,3-6,9H2,1-2H3. The third-order valence-corrected chi connectivity index (χ3v) is 2.09. The van der Waals surface area contributed by atoms with Crippen LogP contribution < -0.4 is 5.73 Å². The zero-order valence-electron chi connectivity index (χ0n) is 7.79. The van der Waals surface area contributed by atoms with Crippen molar-refractivity contribution in [1.82, 2.24) is 10.0 Å². The lowest BCUT2D eigenvalue weighted by Crippen LogP contribution is -2.45. The first-order valence-corrected chi connectivity index (χ1v) is 4.43. The summed E-state index contributed by atoms with van der Waals surface area (Å²) < 4.78 is 0. The van der Waals surface area contributed by atoms with Crippen molar-refractivity contribution in [1.29, 1.82) is 0 Å². The first kappa shape index (κ1) is 9.48. The van der Waals surface area contributed by atoms with Crippen LogP contribution in [-0.2, 0) is 4.79 Å². The van der Waals surface area contributed by atoms with Crippen molar-refractivity contribution >= 4 is 5.91 Å². The second kappa shape index (κ2) is 3.87. The predicted octanol–water partition coefficient (Wildman–Crippen LogP) is -0.197. The Morgan fingerprint density at radius 2 is 2.25 bits per heavy atom. The largest absolute Gasteiger partial charge is 0.329 e. The number of hydrazine groups is 1. The molecule has 0 bridgehead atoms. The van der Waals surface area contributed by atoms with E-state index < -0.39 is 0 Å². The highest BCUT2D eigenvalue weighted by Crippen LogP contribution is 2.14. The Morgan fingerprint density at radius 1 is 1.58 bits per heavy atom. The van der Waals surface area contributed by atoms with Gasteiger partial charge in [0.15, 0.2) is 0 Å². The van der Waals surface area contributed by atoms with Crippen LogP contribution in [0.4, 0.5) is 0 Å². The Labute approximate surface area is 73.3 Å². The Kier molecular flexibility index (Phi) is 3.05. The van der Waals surface area contributed by atoms with Crippen LogP contribution in [0.2, 0.25) is 0 Å². The Hall–Kier alpha value is -0.610. The topological polar surface area (TPSA) is 49.6 Å². The molecule has 0 spiro atoms. The number of hydrogen-bond donors (Lipinski definition) is 1. The van der Waals surface area contributed by atoms with E-state index >= 15 is 0 Å². The molecule has 4 heteroatoms. The number of amides is 1. The number of rotatable bonds is 3. The van der Waals surface area contributed by atoms with Crippen LogP contribution in [0.5, 0.6) is 0 Å². The Balaban J connectivity index is 2.57. The van der Waals surface area contributed by atoms with Gasteiger partial charge in [-0.25, -0.2) is 5.01 Å². The SMILES string of the molecule is CC(C)N1CCC(=O)N1CCN. The van der Waals surface area contributed by atoms with E-state index in [9.17, 15) is 4.79 Å². The molecule has 1 fully saturated rings. The van der Waals surface area contributed by atoms with Gasteiger partial charge in [-0.3, -0.25) is 9.80 Å². The lowest BCUT2D eigenvalue weighted by molar-refractivity contribution is -0.139. The zero-order chi connectivity index (χ0) is 9.14. The van der Waals surface area contributed by atoms with Gasteiger partial charge in [0.1, 0.15) is 0 Å². The summed E-state index contributed by atoms with van der Waals surface area (Å²) in [6.45, 7) is 6.20. The summed E-state index contributed by atoms with van der Waals surface area (Å²) in [5.41, 5.74) is 5.41.